The maximum absolute atomic E-state index is 13.4. The van der Waals surface area contributed by atoms with E-state index in [-0.39, 0.29) is 68.4 Å². The number of aryl methyl sites for hydroxylation is 1. The summed E-state index contributed by atoms with van der Waals surface area (Å²) in [4.78, 5) is 72.1. The van der Waals surface area contributed by atoms with E-state index >= 15 is 0 Å². The zero-order chi connectivity index (χ0) is 34.0. The maximum atomic E-state index is 13.4. The van der Waals surface area contributed by atoms with E-state index in [4.69, 9.17) is 9.47 Å². The van der Waals surface area contributed by atoms with Crippen molar-refractivity contribution in [1.29, 1.82) is 0 Å². The lowest BCUT2D eigenvalue weighted by Crippen LogP contribution is -2.52. The fourth-order valence-electron chi connectivity index (χ4n) is 6.22. The van der Waals surface area contributed by atoms with E-state index in [0.717, 1.165) is 16.5 Å². The second-order valence-corrected chi connectivity index (χ2v) is 12.1. The molecular formula is C35H44N6O7. The van der Waals surface area contributed by atoms with Gasteiger partial charge in [-0.3, -0.25) is 24.0 Å². The lowest BCUT2D eigenvalue weighted by molar-refractivity contribution is -0.139. The van der Waals surface area contributed by atoms with E-state index in [1.54, 1.807) is 19.1 Å². The van der Waals surface area contributed by atoms with Crippen molar-refractivity contribution in [2.45, 2.75) is 57.5 Å². The van der Waals surface area contributed by atoms with Crippen LogP contribution in [0.2, 0.25) is 0 Å². The minimum Gasteiger partial charge on any atom is -0.493 e. The fraction of sp³-hybridized carbons (Fsp3) is 0.457. The first-order chi connectivity index (χ1) is 23.2. The number of ether oxygens (including phenoxy) is 2. The Morgan fingerprint density at radius 3 is 2.69 bits per heavy atom. The number of amides is 5. The number of carbonyl (C=O) groups excluding carboxylic acids is 5. The average Bonchev–Trinajstić information content (AvgIpc) is 3.75. The summed E-state index contributed by atoms with van der Waals surface area (Å²) in [5.41, 5.74) is 2.46. The number of fused-ring (bicyclic) bond motifs is 17. The Labute approximate surface area is 279 Å². The Morgan fingerprint density at radius 2 is 1.85 bits per heavy atom. The lowest BCUT2D eigenvalue weighted by Gasteiger charge is -2.27. The first-order valence-electron chi connectivity index (χ1n) is 16.5. The molecule has 13 nitrogen and oxygen atoms in total. The second kappa shape index (κ2) is 16.2. The fourth-order valence-corrected chi connectivity index (χ4v) is 6.22. The first kappa shape index (κ1) is 34.3. The highest BCUT2D eigenvalue weighted by molar-refractivity contribution is 5.99. The summed E-state index contributed by atoms with van der Waals surface area (Å²) < 4.78 is 11.2. The zero-order valence-corrected chi connectivity index (χ0v) is 27.5. The molecule has 0 saturated carbocycles. The van der Waals surface area contributed by atoms with Gasteiger partial charge in [0.2, 0.25) is 23.6 Å². The van der Waals surface area contributed by atoms with Crippen LogP contribution in [-0.2, 0) is 25.6 Å². The highest BCUT2D eigenvalue weighted by atomic mass is 16.5. The number of nitrogens with one attached hydrogen (secondary N) is 4. The van der Waals surface area contributed by atoms with Crippen molar-refractivity contribution in [3.63, 3.8) is 0 Å². The van der Waals surface area contributed by atoms with Gasteiger partial charge >= 0.3 is 0 Å². The molecule has 6 rings (SSSR count). The van der Waals surface area contributed by atoms with E-state index in [1.165, 1.54) is 23.0 Å². The van der Waals surface area contributed by atoms with Gasteiger partial charge in [-0.05, 0) is 68.9 Å². The summed E-state index contributed by atoms with van der Waals surface area (Å²) in [6, 6.07) is 11.2. The number of aromatic nitrogens is 1. The molecule has 2 aromatic carbocycles. The Morgan fingerprint density at radius 1 is 1.02 bits per heavy atom. The number of H-pyrrole nitrogens is 1. The molecule has 3 aliphatic rings. The third-order valence-electron chi connectivity index (χ3n) is 8.77. The summed E-state index contributed by atoms with van der Waals surface area (Å²) in [5.74, 6) is -0.865. The zero-order valence-electron chi connectivity index (χ0n) is 27.5. The van der Waals surface area contributed by atoms with Gasteiger partial charge in [-0.1, -0.05) is 18.2 Å². The van der Waals surface area contributed by atoms with E-state index in [1.807, 2.05) is 24.4 Å². The number of nitrogens with zero attached hydrogens (tertiary/aromatic N) is 2. The molecule has 3 aliphatic heterocycles. The quantitative estimate of drug-likeness (QED) is 0.305. The Bertz CT molecular complexity index is 1640. The van der Waals surface area contributed by atoms with Gasteiger partial charge in [-0.2, -0.15) is 0 Å². The van der Waals surface area contributed by atoms with Crippen molar-refractivity contribution >= 4 is 40.4 Å². The van der Waals surface area contributed by atoms with Gasteiger partial charge in [0.05, 0.1) is 20.2 Å². The molecule has 3 aromatic rings. The summed E-state index contributed by atoms with van der Waals surface area (Å²) >= 11 is 0. The topological polar surface area (TPSA) is 162 Å². The van der Waals surface area contributed by atoms with Crippen molar-refractivity contribution in [3.8, 4) is 11.5 Å². The summed E-state index contributed by atoms with van der Waals surface area (Å²) in [7, 11) is 1.45. The Kier molecular flexibility index (Phi) is 11.5. The van der Waals surface area contributed by atoms with Gasteiger partial charge < -0.3 is 40.2 Å². The monoisotopic (exact) mass is 660 g/mol. The van der Waals surface area contributed by atoms with Crippen LogP contribution >= 0.6 is 0 Å². The first-order valence-corrected chi connectivity index (χ1v) is 16.5. The van der Waals surface area contributed by atoms with Crippen LogP contribution < -0.4 is 25.4 Å². The SMILES string of the molecule is COc1cc2ccc1OCCNC(=O)CN(C(=O)CCCc1c[nH]c3ccccc13)CCCNC(=O)[C@H]1CCCN1C(=O)[C@H](C)NC2=O. The Hall–Kier alpha value is -5.07. The van der Waals surface area contributed by atoms with Gasteiger partial charge in [0.25, 0.3) is 5.91 Å². The van der Waals surface area contributed by atoms with Crippen LogP contribution in [0.4, 0.5) is 0 Å². The molecule has 4 N–H and O–H groups in total. The van der Waals surface area contributed by atoms with Crippen LogP contribution in [0.3, 0.4) is 0 Å². The molecule has 13 heteroatoms. The van der Waals surface area contributed by atoms with E-state index in [9.17, 15) is 24.0 Å². The van der Waals surface area contributed by atoms with Gasteiger partial charge in [0, 0.05) is 48.7 Å². The highest BCUT2D eigenvalue weighted by Gasteiger charge is 2.36. The van der Waals surface area contributed by atoms with Gasteiger partial charge in [0.15, 0.2) is 11.5 Å². The minimum atomic E-state index is -0.857. The molecule has 5 amide bonds. The van der Waals surface area contributed by atoms with E-state index in [0.29, 0.717) is 50.1 Å². The van der Waals surface area contributed by atoms with Crippen LogP contribution in [0.25, 0.3) is 10.9 Å². The normalized spacial score (nSPS) is 20.2. The molecule has 2 bridgehead atoms. The van der Waals surface area contributed by atoms with Crippen molar-refractivity contribution in [3.05, 3.63) is 59.8 Å². The smallest absolute Gasteiger partial charge is 0.252 e. The van der Waals surface area contributed by atoms with E-state index in [2.05, 4.69) is 27.0 Å². The van der Waals surface area contributed by atoms with Crippen LogP contribution in [0.5, 0.6) is 11.5 Å². The molecule has 2 atom stereocenters. The largest absolute Gasteiger partial charge is 0.493 e. The predicted octanol–water partition coefficient (Wildman–Crippen LogP) is 2.15. The molecular weight excluding hydrogens is 616 g/mol. The van der Waals surface area contributed by atoms with Crippen molar-refractivity contribution in [2.75, 3.05) is 46.4 Å². The van der Waals surface area contributed by atoms with Crippen LogP contribution in [0.1, 0.15) is 54.9 Å². The summed E-state index contributed by atoms with van der Waals surface area (Å²) in [6.07, 6.45) is 5.18. The molecule has 0 radical (unpaired) electrons. The van der Waals surface area contributed by atoms with E-state index < -0.39 is 18.0 Å². The number of hydrogen-bond donors (Lipinski definition) is 4. The lowest BCUT2D eigenvalue weighted by atomic mass is 10.1. The molecule has 256 valence electrons. The van der Waals surface area contributed by atoms with Gasteiger partial charge in [-0.25, -0.2) is 0 Å². The number of aromatic amines is 1. The molecule has 1 aromatic heterocycles. The third kappa shape index (κ3) is 8.44. The number of para-hydroxylation sites is 1. The average molecular weight is 661 g/mol. The molecule has 48 heavy (non-hydrogen) atoms. The molecule has 1 fully saturated rings. The molecule has 0 unspecified atom stereocenters. The molecule has 1 saturated heterocycles. The number of methoxy groups -OCH3 is 1. The maximum Gasteiger partial charge on any atom is 0.252 e. The molecule has 0 spiro atoms. The predicted molar refractivity (Wildman–Crippen MR) is 179 cm³/mol. The number of carbonyl (C=O) groups is 5. The van der Waals surface area contributed by atoms with Crippen molar-refractivity contribution in [1.82, 2.24) is 30.7 Å². The van der Waals surface area contributed by atoms with Crippen LogP contribution in [0, 0.1) is 0 Å². The standard InChI is InChI=1S/C35H44N6O7/c1-23-35(46)41-18-6-11-28(41)34(45)37-15-7-17-40(32(43)12-5-8-25-21-38-27-10-4-3-9-26(25)27)22-31(42)36-16-19-48-29-14-13-24(33(44)39-23)20-30(29)47-2/h3-4,9-10,13-14,20-21,23,28,38H,5-8,11-12,15-19,22H2,1-2H3,(H,36,42)(H,37,45)(H,39,44)/t23-,28+/m0/s1. The van der Waals surface area contributed by atoms with Crippen molar-refractivity contribution in [2.24, 2.45) is 0 Å². The highest BCUT2D eigenvalue weighted by Crippen LogP contribution is 2.28. The van der Waals surface area contributed by atoms with Gasteiger partial charge in [-0.15, -0.1) is 0 Å². The second-order valence-electron chi connectivity index (χ2n) is 12.1. The summed E-state index contributed by atoms with van der Waals surface area (Å²) in [5, 5.41) is 9.57. The summed E-state index contributed by atoms with van der Waals surface area (Å²) in [6.45, 7) is 2.73. The van der Waals surface area contributed by atoms with Crippen molar-refractivity contribution < 1.29 is 33.4 Å². The minimum absolute atomic E-state index is 0.126. The molecule has 0 aliphatic carbocycles. The Balaban J connectivity index is 1.26. The van der Waals surface area contributed by atoms with Crippen LogP contribution in [0.15, 0.2) is 48.7 Å². The van der Waals surface area contributed by atoms with Crippen LogP contribution in [-0.4, -0.2) is 103 Å². The number of hydrogen-bond acceptors (Lipinski definition) is 7. The molecule has 4 heterocycles. The third-order valence-corrected chi connectivity index (χ3v) is 8.77. The van der Waals surface area contributed by atoms with Gasteiger partial charge in [0.1, 0.15) is 18.7 Å². The number of rotatable bonds is 5. The number of benzene rings is 2.